The molecule has 1 aromatic heterocycles. The topological polar surface area (TPSA) is 70.9 Å². The number of hydrogen-bond acceptors (Lipinski definition) is 3. The number of nitriles is 1. The molecule has 0 radical (unpaired) electrons. The fourth-order valence-electron chi connectivity index (χ4n) is 1.78. The van der Waals surface area contributed by atoms with E-state index in [4.69, 9.17) is 10.4 Å². The summed E-state index contributed by atoms with van der Waals surface area (Å²) in [5, 5.41) is 18.5. The van der Waals surface area contributed by atoms with Crippen LogP contribution >= 0.6 is 0 Å². The standard InChI is InChI=1S/C11H11N3O2/c1-13-10-4-8(6-15)7(5-12)3-9(10)11(16)14(13)2/h3-4,15H,6H2,1-2H3. The van der Waals surface area contributed by atoms with Crippen LogP contribution in [0.2, 0.25) is 0 Å². The van der Waals surface area contributed by atoms with E-state index in [9.17, 15) is 4.79 Å². The maximum absolute atomic E-state index is 11.8. The zero-order valence-corrected chi connectivity index (χ0v) is 9.06. The van der Waals surface area contributed by atoms with Gasteiger partial charge >= 0.3 is 0 Å². The van der Waals surface area contributed by atoms with Crippen LogP contribution in [0.1, 0.15) is 11.1 Å². The third-order valence-electron chi connectivity index (χ3n) is 2.84. The van der Waals surface area contributed by atoms with E-state index < -0.39 is 0 Å². The van der Waals surface area contributed by atoms with E-state index in [0.29, 0.717) is 16.5 Å². The van der Waals surface area contributed by atoms with E-state index in [1.807, 2.05) is 6.07 Å². The predicted molar refractivity (Wildman–Crippen MR) is 58.8 cm³/mol. The number of fused-ring (bicyclic) bond motifs is 1. The largest absolute Gasteiger partial charge is 0.392 e. The molecule has 0 aliphatic rings. The number of aromatic nitrogens is 2. The highest BCUT2D eigenvalue weighted by Gasteiger charge is 2.11. The van der Waals surface area contributed by atoms with Crippen molar-refractivity contribution in [2.75, 3.05) is 0 Å². The minimum atomic E-state index is -0.206. The third kappa shape index (κ3) is 1.24. The van der Waals surface area contributed by atoms with Crippen LogP contribution in [0.3, 0.4) is 0 Å². The Morgan fingerprint density at radius 1 is 1.38 bits per heavy atom. The number of aliphatic hydroxyl groups is 1. The SMILES string of the molecule is Cn1c(=O)c2cc(C#N)c(CO)cc2n1C. The maximum atomic E-state index is 11.8. The van der Waals surface area contributed by atoms with Gasteiger partial charge in [-0.3, -0.25) is 14.2 Å². The lowest BCUT2D eigenvalue weighted by atomic mass is 10.1. The minimum Gasteiger partial charge on any atom is -0.392 e. The van der Waals surface area contributed by atoms with Gasteiger partial charge in [-0.2, -0.15) is 5.26 Å². The molecule has 0 unspecified atom stereocenters. The fraction of sp³-hybridized carbons (Fsp3) is 0.273. The molecule has 82 valence electrons. The van der Waals surface area contributed by atoms with E-state index in [1.165, 1.54) is 10.7 Å². The molecule has 0 fully saturated rings. The van der Waals surface area contributed by atoms with Crippen molar-refractivity contribution in [1.29, 1.82) is 5.26 Å². The lowest BCUT2D eigenvalue weighted by molar-refractivity contribution is 0.281. The van der Waals surface area contributed by atoms with Crippen molar-refractivity contribution in [2.24, 2.45) is 14.1 Å². The smallest absolute Gasteiger partial charge is 0.274 e. The van der Waals surface area contributed by atoms with Crippen LogP contribution < -0.4 is 5.56 Å². The number of aliphatic hydroxyl groups excluding tert-OH is 1. The van der Waals surface area contributed by atoms with E-state index in [-0.39, 0.29) is 12.2 Å². The first-order valence-electron chi connectivity index (χ1n) is 4.79. The molecule has 0 saturated carbocycles. The van der Waals surface area contributed by atoms with Crippen molar-refractivity contribution < 1.29 is 5.11 Å². The number of nitrogens with zero attached hydrogens (tertiary/aromatic N) is 3. The van der Waals surface area contributed by atoms with Gasteiger partial charge in [0.2, 0.25) is 0 Å². The van der Waals surface area contributed by atoms with Gasteiger partial charge in [0.1, 0.15) is 0 Å². The first kappa shape index (κ1) is 10.5. The van der Waals surface area contributed by atoms with Crippen molar-refractivity contribution in [3.8, 4) is 6.07 Å². The Balaban J connectivity index is 2.96. The lowest BCUT2D eigenvalue weighted by Crippen LogP contribution is -2.16. The Morgan fingerprint density at radius 2 is 2.06 bits per heavy atom. The summed E-state index contributed by atoms with van der Waals surface area (Å²) in [4.78, 5) is 11.8. The molecule has 1 heterocycles. The molecule has 0 aliphatic carbocycles. The van der Waals surface area contributed by atoms with Crippen LogP contribution in [0, 0.1) is 11.3 Å². The average molecular weight is 217 g/mol. The lowest BCUT2D eigenvalue weighted by Gasteiger charge is -2.02. The van der Waals surface area contributed by atoms with Gasteiger partial charge in [-0.15, -0.1) is 0 Å². The molecule has 5 heteroatoms. The van der Waals surface area contributed by atoms with Gasteiger partial charge < -0.3 is 5.11 Å². The Bertz CT molecular complexity index is 658. The zero-order valence-electron chi connectivity index (χ0n) is 9.06. The molecule has 1 N–H and O–H groups in total. The first-order chi connectivity index (χ1) is 7.60. The van der Waals surface area contributed by atoms with Crippen LogP contribution in [0.5, 0.6) is 0 Å². The quantitative estimate of drug-likeness (QED) is 0.743. The van der Waals surface area contributed by atoms with Gasteiger partial charge in [0.05, 0.1) is 29.1 Å². The van der Waals surface area contributed by atoms with Crippen LogP contribution in [0.15, 0.2) is 16.9 Å². The van der Waals surface area contributed by atoms with Gasteiger partial charge in [-0.1, -0.05) is 0 Å². The van der Waals surface area contributed by atoms with Crippen LogP contribution in [0.4, 0.5) is 0 Å². The second kappa shape index (κ2) is 3.51. The Labute approximate surface area is 91.7 Å². The Hall–Kier alpha value is -2.06. The molecular weight excluding hydrogens is 206 g/mol. The Kier molecular flexibility index (Phi) is 2.29. The summed E-state index contributed by atoms with van der Waals surface area (Å²) >= 11 is 0. The van der Waals surface area contributed by atoms with Crippen molar-refractivity contribution >= 4 is 10.9 Å². The molecular formula is C11H11N3O2. The van der Waals surface area contributed by atoms with E-state index in [1.54, 1.807) is 24.8 Å². The summed E-state index contributed by atoms with van der Waals surface area (Å²) in [5.74, 6) is 0. The number of hydrogen-bond donors (Lipinski definition) is 1. The highest BCUT2D eigenvalue weighted by atomic mass is 16.3. The molecule has 0 atom stereocenters. The summed E-state index contributed by atoms with van der Waals surface area (Å²) in [5.41, 5.74) is 1.46. The van der Waals surface area contributed by atoms with Gasteiger partial charge in [-0.05, 0) is 17.7 Å². The number of rotatable bonds is 1. The van der Waals surface area contributed by atoms with E-state index in [0.717, 1.165) is 5.52 Å². The second-order valence-corrected chi connectivity index (χ2v) is 3.65. The van der Waals surface area contributed by atoms with Gasteiger partial charge in [0.15, 0.2) is 0 Å². The zero-order chi connectivity index (χ0) is 11.9. The van der Waals surface area contributed by atoms with Crippen molar-refractivity contribution in [2.45, 2.75) is 6.61 Å². The average Bonchev–Trinajstić information content (AvgIpc) is 2.52. The molecule has 0 aliphatic heterocycles. The third-order valence-corrected chi connectivity index (χ3v) is 2.84. The number of aryl methyl sites for hydroxylation is 1. The second-order valence-electron chi connectivity index (χ2n) is 3.65. The van der Waals surface area contributed by atoms with Crippen LogP contribution in [-0.4, -0.2) is 14.5 Å². The molecule has 16 heavy (non-hydrogen) atoms. The first-order valence-corrected chi connectivity index (χ1v) is 4.79. The molecule has 2 aromatic rings. The van der Waals surface area contributed by atoms with Gasteiger partial charge in [-0.25, -0.2) is 0 Å². The summed E-state index contributed by atoms with van der Waals surface area (Å²) in [6.07, 6.45) is 0. The molecule has 1 aromatic carbocycles. The molecule has 5 nitrogen and oxygen atoms in total. The molecule has 0 bridgehead atoms. The monoisotopic (exact) mass is 217 g/mol. The number of benzene rings is 1. The minimum absolute atomic E-state index is 0.140. The van der Waals surface area contributed by atoms with Crippen molar-refractivity contribution in [1.82, 2.24) is 9.36 Å². The molecule has 2 rings (SSSR count). The summed E-state index contributed by atoms with van der Waals surface area (Å²) in [7, 11) is 3.42. The fourth-order valence-corrected chi connectivity index (χ4v) is 1.78. The molecule has 0 amide bonds. The highest BCUT2D eigenvalue weighted by Crippen LogP contribution is 2.17. The highest BCUT2D eigenvalue weighted by molar-refractivity contribution is 5.81. The predicted octanol–water partition coefficient (Wildman–Crippen LogP) is 0.241. The summed E-state index contributed by atoms with van der Waals surface area (Å²) in [6.45, 7) is -0.206. The van der Waals surface area contributed by atoms with Crippen LogP contribution in [0.25, 0.3) is 10.9 Å². The van der Waals surface area contributed by atoms with Crippen molar-refractivity contribution in [3.05, 3.63) is 33.6 Å². The van der Waals surface area contributed by atoms with Crippen molar-refractivity contribution in [3.63, 3.8) is 0 Å². The molecule has 0 saturated heterocycles. The van der Waals surface area contributed by atoms with E-state index >= 15 is 0 Å². The summed E-state index contributed by atoms with van der Waals surface area (Å²) < 4.78 is 3.16. The molecule has 0 spiro atoms. The summed E-state index contributed by atoms with van der Waals surface area (Å²) in [6, 6.07) is 5.18. The van der Waals surface area contributed by atoms with E-state index in [2.05, 4.69) is 0 Å². The maximum Gasteiger partial charge on any atom is 0.274 e. The Morgan fingerprint density at radius 3 is 2.62 bits per heavy atom. The van der Waals surface area contributed by atoms with Gasteiger partial charge in [0.25, 0.3) is 5.56 Å². The van der Waals surface area contributed by atoms with Gasteiger partial charge in [0, 0.05) is 14.1 Å². The normalized spacial score (nSPS) is 10.6. The van der Waals surface area contributed by atoms with Crippen LogP contribution in [-0.2, 0) is 20.7 Å².